The molecule has 1 aliphatic heterocycles. The lowest BCUT2D eigenvalue weighted by Gasteiger charge is -2.33. The zero-order valence-electron chi connectivity index (χ0n) is 10.2. The normalized spacial score (nSPS) is 21.2. The van der Waals surface area contributed by atoms with Crippen LogP contribution in [0.25, 0.3) is 0 Å². The summed E-state index contributed by atoms with van der Waals surface area (Å²) in [6.07, 6.45) is 2.60. The van der Waals surface area contributed by atoms with Crippen molar-refractivity contribution in [1.82, 2.24) is 4.98 Å². The summed E-state index contributed by atoms with van der Waals surface area (Å²) in [6.45, 7) is 7.16. The highest BCUT2D eigenvalue weighted by Gasteiger charge is 2.19. The van der Waals surface area contributed by atoms with Crippen LogP contribution in [0.2, 0.25) is 0 Å². The lowest BCUT2D eigenvalue weighted by molar-refractivity contribution is 0.443. The number of rotatable bonds is 2. The summed E-state index contributed by atoms with van der Waals surface area (Å²) in [5, 5.41) is 0. The van der Waals surface area contributed by atoms with Crippen LogP contribution in [0.4, 0.5) is 5.82 Å². The van der Waals surface area contributed by atoms with Gasteiger partial charge in [0.15, 0.2) is 0 Å². The molecule has 0 spiro atoms. The topological polar surface area (TPSA) is 42.1 Å². The van der Waals surface area contributed by atoms with Gasteiger partial charge in [0.25, 0.3) is 0 Å². The van der Waals surface area contributed by atoms with Crippen molar-refractivity contribution < 1.29 is 0 Å². The molecule has 3 heteroatoms. The summed E-state index contributed by atoms with van der Waals surface area (Å²) < 4.78 is 0. The zero-order chi connectivity index (χ0) is 11.5. The Labute approximate surface area is 97.7 Å². The Kier molecular flexibility index (Phi) is 3.44. The average molecular weight is 219 g/mol. The maximum Gasteiger partial charge on any atom is 0.133 e. The molecule has 1 unspecified atom stereocenters. The second kappa shape index (κ2) is 4.83. The molecule has 1 fully saturated rings. The number of anilines is 1. The fraction of sp³-hybridized carbons (Fsp3) is 0.615. The largest absolute Gasteiger partial charge is 0.356 e. The van der Waals surface area contributed by atoms with Gasteiger partial charge in [-0.3, -0.25) is 0 Å². The molecule has 0 bridgehead atoms. The molecule has 1 atom stereocenters. The molecular formula is C13H21N3. The van der Waals surface area contributed by atoms with Crippen molar-refractivity contribution in [3.05, 3.63) is 23.4 Å². The number of nitrogens with two attached hydrogens (primary N) is 1. The quantitative estimate of drug-likeness (QED) is 0.828. The van der Waals surface area contributed by atoms with E-state index in [1.54, 1.807) is 0 Å². The van der Waals surface area contributed by atoms with Crippen LogP contribution >= 0.6 is 0 Å². The van der Waals surface area contributed by atoms with Crippen LogP contribution in [0.1, 0.15) is 31.0 Å². The van der Waals surface area contributed by atoms with Gasteiger partial charge in [-0.1, -0.05) is 13.0 Å². The second-order valence-corrected chi connectivity index (χ2v) is 4.83. The molecule has 3 nitrogen and oxygen atoms in total. The molecule has 0 saturated carbocycles. The number of hydrogen-bond acceptors (Lipinski definition) is 3. The van der Waals surface area contributed by atoms with Gasteiger partial charge < -0.3 is 10.6 Å². The highest BCUT2D eigenvalue weighted by Crippen LogP contribution is 2.24. The molecule has 1 aromatic rings. The monoisotopic (exact) mass is 219 g/mol. The predicted molar refractivity (Wildman–Crippen MR) is 67.5 cm³/mol. The minimum absolute atomic E-state index is 0.577. The van der Waals surface area contributed by atoms with Gasteiger partial charge in [0.05, 0.1) is 0 Å². The van der Waals surface area contributed by atoms with Gasteiger partial charge >= 0.3 is 0 Å². The highest BCUT2D eigenvalue weighted by atomic mass is 15.2. The summed E-state index contributed by atoms with van der Waals surface area (Å²) in [7, 11) is 0. The van der Waals surface area contributed by atoms with Crippen molar-refractivity contribution in [2.45, 2.75) is 33.2 Å². The molecule has 0 radical (unpaired) electrons. The van der Waals surface area contributed by atoms with Crippen LogP contribution in [0.15, 0.2) is 12.1 Å². The molecule has 2 rings (SSSR count). The zero-order valence-corrected chi connectivity index (χ0v) is 10.2. The highest BCUT2D eigenvalue weighted by molar-refractivity contribution is 5.48. The Bertz CT molecular complexity index is 362. The van der Waals surface area contributed by atoms with Crippen molar-refractivity contribution in [3.8, 4) is 0 Å². The Balaban J connectivity index is 2.26. The van der Waals surface area contributed by atoms with Crippen LogP contribution in [-0.4, -0.2) is 18.1 Å². The summed E-state index contributed by atoms with van der Waals surface area (Å²) in [6, 6.07) is 4.15. The number of nitrogens with zero attached hydrogens (tertiary/aromatic N) is 2. The van der Waals surface area contributed by atoms with Gasteiger partial charge in [0.2, 0.25) is 0 Å². The lowest BCUT2D eigenvalue weighted by atomic mass is 10.00. The van der Waals surface area contributed by atoms with Crippen molar-refractivity contribution in [2.24, 2.45) is 11.7 Å². The SMILES string of the molecule is Cc1ccc(CN)c(N2CCCC(C)C2)n1. The van der Waals surface area contributed by atoms with Gasteiger partial charge in [-0.05, 0) is 31.7 Å². The van der Waals surface area contributed by atoms with E-state index in [0.29, 0.717) is 6.54 Å². The van der Waals surface area contributed by atoms with Gasteiger partial charge in [0, 0.05) is 30.9 Å². The van der Waals surface area contributed by atoms with Crippen molar-refractivity contribution in [2.75, 3.05) is 18.0 Å². The smallest absolute Gasteiger partial charge is 0.133 e. The van der Waals surface area contributed by atoms with Crippen LogP contribution in [0, 0.1) is 12.8 Å². The first kappa shape index (κ1) is 11.4. The molecule has 0 aliphatic carbocycles. The van der Waals surface area contributed by atoms with Gasteiger partial charge in [-0.15, -0.1) is 0 Å². The molecule has 1 aromatic heterocycles. The Morgan fingerprint density at radius 3 is 3.00 bits per heavy atom. The first-order valence-electron chi connectivity index (χ1n) is 6.12. The number of hydrogen-bond donors (Lipinski definition) is 1. The standard InChI is InChI=1S/C13H21N3/c1-10-4-3-7-16(9-10)13-12(8-14)6-5-11(2)15-13/h5-6,10H,3-4,7-9,14H2,1-2H3. The third-order valence-electron chi connectivity index (χ3n) is 3.27. The van der Waals surface area contributed by atoms with Crippen LogP contribution in [0.5, 0.6) is 0 Å². The number of piperidine rings is 1. The molecule has 0 aromatic carbocycles. The Hall–Kier alpha value is -1.09. The van der Waals surface area contributed by atoms with Gasteiger partial charge in [-0.25, -0.2) is 4.98 Å². The van der Waals surface area contributed by atoms with E-state index in [1.807, 2.05) is 13.0 Å². The maximum atomic E-state index is 5.78. The summed E-state index contributed by atoms with van der Waals surface area (Å²) in [5.74, 6) is 1.87. The van der Waals surface area contributed by atoms with E-state index in [2.05, 4.69) is 22.9 Å². The Morgan fingerprint density at radius 1 is 1.50 bits per heavy atom. The number of aromatic nitrogens is 1. The predicted octanol–water partition coefficient (Wildman–Crippen LogP) is 2.09. The van der Waals surface area contributed by atoms with E-state index in [1.165, 1.54) is 18.4 Å². The minimum atomic E-state index is 0.577. The second-order valence-electron chi connectivity index (χ2n) is 4.83. The summed E-state index contributed by atoms with van der Waals surface area (Å²) in [5.41, 5.74) is 8.02. The first-order valence-corrected chi connectivity index (χ1v) is 6.12. The van der Waals surface area contributed by atoms with E-state index in [9.17, 15) is 0 Å². The maximum absolute atomic E-state index is 5.78. The number of aryl methyl sites for hydroxylation is 1. The molecule has 2 heterocycles. The molecule has 1 aliphatic rings. The molecule has 2 N–H and O–H groups in total. The van der Waals surface area contributed by atoms with E-state index in [-0.39, 0.29) is 0 Å². The van der Waals surface area contributed by atoms with Crippen molar-refractivity contribution in [3.63, 3.8) is 0 Å². The lowest BCUT2D eigenvalue weighted by Crippen LogP contribution is -2.35. The van der Waals surface area contributed by atoms with E-state index >= 15 is 0 Å². The van der Waals surface area contributed by atoms with Crippen LogP contribution in [-0.2, 0) is 6.54 Å². The number of pyridine rings is 1. The van der Waals surface area contributed by atoms with Gasteiger partial charge in [0.1, 0.15) is 5.82 Å². The first-order chi connectivity index (χ1) is 7.70. The summed E-state index contributed by atoms with van der Waals surface area (Å²) in [4.78, 5) is 7.04. The Morgan fingerprint density at radius 2 is 2.31 bits per heavy atom. The fourth-order valence-electron chi connectivity index (χ4n) is 2.39. The third-order valence-corrected chi connectivity index (χ3v) is 3.27. The van der Waals surface area contributed by atoms with Gasteiger partial charge in [-0.2, -0.15) is 0 Å². The summed E-state index contributed by atoms with van der Waals surface area (Å²) >= 11 is 0. The molecular weight excluding hydrogens is 198 g/mol. The van der Waals surface area contributed by atoms with Crippen molar-refractivity contribution in [1.29, 1.82) is 0 Å². The average Bonchev–Trinajstić information content (AvgIpc) is 2.29. The molecule has 16 heavy (non-hydrogen) atoms. The molecule has 0 amide bonds. The molecule has 1 saturated heterocycles. The van der Waals surface area contributed by atoms with Crippen LogP contribution in [0.3, 0.4) is 0 Å². The van der Waals surface area contributed by atoms with Crippen LogP contribution < -0.4 is 10.6 Å². The van der Waals surface area contributed by atoms with E-state index in [0.717, 1.165) is 30.5 Å². The molecule has 88 valence electrons. The van der Waals surface area contributed by atoms with Crippen molar-refractivity contribution >= 4 is 5.82 Å². The van der Waals surface area contributed by atoms with E-state index in [4.69, 9.17) is 5.73 Å². The third kappa shape index (κ3) is 2.35. The fourth-order valence-corrected chi connectivity index (χ4v) is 2.39. The minimum Gasteiger partial charge on any atom is -0.356 e. The van der Waals surface area contributed by atoms with E-state index < -0.39 is 0 Å².